The van der Waals surface area contributed by atoms with E-state index in [9.17, 15) is 0 Å². The van der Waals surface area contributed by atoms with Crippen LogP contribution in [0.3, 0.4) is 0 Å². The van der Waals surface area contributed by atoms with Crippen LogP contribution in [-0.4, -0.2) is 23.0 Å². The molecule has 84 valence electrons. The zero-order valence-corrected chi connectivity index (χ0v) is 10.2. The summed E-state index contributed by atoms with van der Waals surface area (Å²) in [5.74, 6) is 0. The van der Waals surface area contributed by atoms with Crippen LogP contribution in [0.1, 0.15) is 37.8 Å². The molecule has 0 aliphatic carbocycles. The molecule has 1 fully saturated rings. The van der Waals surface area contributed by atoms with E-state index in [-0.39, 0.29) is 0 Å². The Bertz CT molecular complexity index is 278. The summed E-state index contributed by atoms with van der Waals surface area (Å²) in [5, 5.41) is 0. The number of nitrogens with zero attached hydrogens (tertiary/aromatic N) is 2. The van der Waals surface area contributed by atoms with Gasteiger partial charge >= 0.3 is 0 Å². The molecule has 2 rings (SSSR count). The van der Waals surface area contributed by atoms with Gasteiger partial charge in [-0.25, -0.2) is 0 Å². The first-order valence-corrected chi connectivity index (χ1v) is 5.97. The molecule has 1 aromatic heterocycles. The Morgan fingerprint density at radius 2 is 1.87 bits per heavy atom. The maximum absolute atomic E-state index is 4.20. The molecule has 1 saturated heterocycles. The van der Waals surface area contributed by atoms with Crippen LogP contribution >= 0.6 is 0 Å². The van der Waals surface area contributed by atoms with Gasteiger partial charge in [0.25, 0.3) is 0 Å². The van der Waals surface area contributed by atoms with Gasteiger partial charge in [-0.2, -0.15) is 0 Å². The fourth-order valence-corrected chi connectivity index (χ4v) is 1.90. The highest BCUT2D eigenvalue weighted by atomic mass is 15.1. The van der Waals surface area contributed by atoms with E-state index < -0.39 is 0 Å². The molecule has 1 aromatic rings. The summed E-state index contributed by atoms with van der Waals surface area (Å²) in [6.45, 7) is 9.69. The maximum atomic E-state index is 4.20. The third-order valence-corrected chi connectivity index (χ3v) is 2.54. The fourth-order valence-electron chi connectivity index (χ4n) is 1.90. The molecule has 0 N–H and O–H groups in total. The molecule has 0 unspecified atom stereocenters. The summed E-state index contributed by atoms with van der Waals surface area (Å²) < 4.78 is 0. The smallest absolute Gasteiger partial charge is 0.0313 e. The molecular weight excluding hydrogens is 184 g/mol. The zero-order valence-electron chi connectivity index (χ0n) is 10.2. The third kappa shape index (κ3) is 4.00. The van der Waals surface area contributed by atoms with E-state index in [0.29, 0.717) is 0 Å². The second-order valence-corrected chi connectivity index (χ2v) is 3.85. The first-order chi connectivity index (χ1) is 7.34. The molecule has 2 heterocycles. The van der Waals surface area contributed by atoms with Crippen LogP contribution in [0.25, 0.3) is 0 Å². The van der Waals surface area contributed by atoms with Gasteiger partial charge in [0.1, 0.15) is 0 Å². The van der Waals surface area contributed by atoms with Crippen molar-refractivity contribution in [1.29, 1.82) is 0 Å². The molecule has 2 nitrogen and oxygen atoms in total. The molecule has 1 aliphatic rings. The Morgan fingerprint density at radius 3 is 2.47 bits per heavy atom. The predicted molar refractivity (Wildman–Crippen MR) is 64.8 cm³/mol. The maximum Gasteiger partial charge on any atom is 0.0313 e. The Morgan fingerprint density at radius 1 is 1.20 bits per heavy atom. The van der Waals surface area contributed by atoms with Gasteiger partial charge in [-0.1, -0.05) is 19.9 Å². The number of pyridine rings is 1. The molecule has 0 aromatic carbocycles. The Labute approximate surface area is 93.3 Å². The minimum atomic E-state index is 1.08. The van der Waals surface area contributed by atoms with Gasteiger partial charge in [0.2, 0.25) is 0 Å². The van der Waals surface area contributed by atoms with Gasteiger partial charge in [-0.15, -0.1) is 0 Å². The average molecular weight is 206 g/mol. The van der Waals surface area contributed by atoms with E-state index in [1.165, 1.54) is 37.1 Å². The van der Waals surface area contributed by atoms with Crippen molar-refractivity contribution in [2.45, 2.75) is 40.2 Å². The molecule has 2 heteroatoms. The molecule has 1 aliphatic heterocycles. The van der Waals surface area contributed by atoms with Crippen LogP contribution in [0.5, 0.6) is 0 Å². The molecule has 0 amide bonds. The number of hydrogen-bond acceptors (Lipinski definition) is 2. The van der Waals surface area contributed by atoms with Crippen LogP contribution in [0.4, 0.5) is 0 Å². The number of aromatic nitrogens is 1. The highest BCUT2D eigenvalue weighted by molar-refractivity contribution is 5.16. The van der Waals surface area contributed by atoms with Crippen molar-refractivity contribution in [3.05, 3.63) is 29.6 Å². The van der Waals surface area contributed by atoms with Gasteiger partial charge in [0.15, 0.2) is 0 Å². The van der Waals surface area contributed by atoms with E-state index in [2.05, 4.69) is 22.9 Å². The van der Waals surface area contributed by atoms with Crippen LogP contribution in [0.2, 0.25) is 0 Å². The number of likely N-dealkylation sites (tertiary alicyclic amines) is 1. The lowest BCUT2D eigenvalue weighted by Gasteiger charge is -2.14. The number of hydrogen-bond donors (Lipinski definition) is 0. The first kappa shape index (κ1) is 12.2. The van der Waals surface area contributed by atoms with Crippen molar-refractivity contribution < 1.29 is 0 Å². The summed E-state index contributed by atoms with van der Waals surface area (Å²) in [6.07, 6.45) is 6.61. The molecule has 0 saturated carbocycles. The van der Waals surface area contributed by atoms with Gasteiger partial charge in [-0.3, -0.25) is 9.88 Å². The molecular formula is C13H22N2. The van der Waals surface area contributed by atoms with E-state index in [0.717, 1.165) is 6.54 Å². The molecule has 0 radical (unpaired) electrons. The Balaban J connectivity index is 0.000000531. The number of aryl methyl sites for hydroxylation is 1. The van der Waals surface area contributed by atoms with Gasteiger partial charge in [0.05, 0.1) is 0 Å². The van der Waals surface area contributed by atoms with Crippen molar-refractivity contribution in [1.82, 2.24) is 9.88 Å². The number of rotatable bonds is 2. The largest absolute Gasteiger partial charge is 0.299 e. The summed E-state index contributed by atoms with van der Waals surface area (Å²) in [5.41, 5.74) is 2.61. The lowest BCUT2D eigenvalue weighted by molar-refractivity contribution is 0.331. The van der Waals surface area contributed by atoms with Crippen LogP contribution in [-0.2, 0) is 6.54 Å². The second kappa shape index (κ2) is 6.57. The zero-order chi connectivity index (χ0) is 11.1. The van der Waals surface area contributed by atoms with Crippen molar-refractivity contribution in [2.24, 2.45) is 0 Å². The Kier molecular flexibility index (Phi) is 5.33. The van der Waals surface area contributed by atoms with E-state index in [1.54, 1.807) is 0 Å². The SMILES string of the molecule is CC.Cc1cncc(CN2CCCC2)c1. The Hall–Kier alpha value is -0.890. The monoisotopic (exact) mass is 206 g/mol. The van der Waals surface area contributed by atoms with Gasteiger partial charge in [0, 0.05) is 18.9 Å². The second-order valence-electron chi connectivity index (χ2n) is 3.85. The minimum absolute atomic E-state index is 1.08. The molecule has 15 heavy (non-hydrogen) atoms. The summed E-state index contributed by atoms with van der Waals surface area (Å²) in [4.78, 5) is 6.70. The van der Waals surface area contributed by atoms with E-state index in [4.69, 9.17) is 0 Å². The van der Waals surface area contributed by atoms with Crippen molar-refractivity contribution in [2.75, 3.05) is 13.1 Å². The van der Waals surface area contributed by atoms with Crippen LogP contribution in [0.15, 0.2) is 18.5 Å². The average Bonchev–Trinajstić information content (AvgIpc) is 2.74. The lowest BCUT2D eigenvalue weighted by atomic mass is 10.2. The van der Waals surface area contributed by atoms with Crippen LogP contribution < -0.4 is 0 Å². The quantitative estimate of drug-likeness (QED) is 0.739. The third-order valence-electron chi connectivity index (χ3n) is 2.54. The van der Waals surface area contributed by atoms with E-state index in [1.807, 2.05) is 26.2 Å². The van der Waals surface area contributed by atoms with E-state index >= 15 is 0 Å². The van der Waals surface area contributed by atoms with Crippen molar-refractivity contribution >= 4 is 0 Å². The van der Waals surface area contributed by atoms with Crippen molar-refractivity contribution in [3.8, 4) is 0 Å². The highest BCUT2D eigenvalue weighted by Gasteiger charge is 2.11. The standard InChI is InChI=1S/C11H16N2.C2H6/c1-10-6-11(8-12-7-10)9-13-4-2-3-5-13;1-2/h6-8H,2-5,9H2,1H3;1-2H3. The van der Waals surface area contributed by atoms with Gasteiger partial charge in [-0.05, 0) is 44.0 Å². The summed E-state index contributed by atoms with van der Waals surface area (Å²) in [7, 11) is 0. The summed E-state index contributed by atoms with van der Waals surface area (Å²) in [6, 6.07) is 2.23. The van der Waals surface area contributed by atoms with Crippen LogP contribution in [0, 0.1) is 6.92 Å². The minimum Gasteiger partial charge on any atom is -0.299 e. The lowest BCUT2D eigenvalue weighted by Crippen LogP contribution is -2.18. The predicted octanol–water partition coefficient (Wildman–Crippen LogP) is 3.01. The first-order valence-electron chi connectivity index (χ1n) is 5.97. The summed E-state index contributed by atoms with van der Waals surface area (Å²) >= 11 is 0. The fraction of sp³-hybridized carbons (Fsp3) is 0.615. The highest BCUT2D eigenvalue weighted by Crippen LogP contribution is 2.12. The molecule has 0 atom stereocenters. The van der Waals surface area contributed by atoms with Crippen molar-refractivity contribution in [3.63, 3.8) is 0 Å². The normalized spacial score (nSPS) is 15.9. The molecule has 0 bridgehead atoms. The topological polar surface area (TPSA) is 16.1 Å². The van der Waals surface area contributed by atoms with Gasteiger partial charge < -0.3 is 0 Å². The molecule has 0 spiro atoms.